The van der Waals surface area contributed by atoms with Crippen LogP contribution in [0.4, 0.5) is 4.79 Å². The summed E-state index contributed by atoms with van der Waals surface area (Å²) in [6.07, 6.45) is 5.10. The highest BCUT2D eigenvalue weighted by atomic mass is 16.6. The number of rotatable bonds is 8. The maximum Gasteiger partial charge on any atom is 0.410 e. The van der Waals surface area contributed by atoms with Crippen LogP contribution in [0.3, 0.4) is 0 Å². The van der Waals surface area contributed by atoms with E-state index in [2.05, 4.69) is 11.4 Å². The zero-order chi connectivity index (χ0) is 29.6. The van der Waals surface area contributed by atoms with Gasteiger partial charge in [0, 0.05) is 6.54 Å². The number of morpholine rings is 1. The molecule has 2 amide bonds. The predicted molar refractivity (Wildman–Crippen MR) is 151 cm³/mol. The van der Waals surface area contributed by atoms with Gasteiger partial charge in [0.15, 0.2) is 0 Å². The first-order valence-corrected chi connectivity index (χ1v) is 14.6. The van der Waals surface area contributed by atoms with Gasteiger partial charge < -0.3 is 33.9 Å². The topological polar surface area (TPSA) is 113 Å². The first-order valence-electron chi connectivity index (χ1n) is 14.6. The molecule has 1 aliphatic carbocycles. The third-order valence-corrected chi connectivity index (χ3v) is 7.82. The summed E-state index contributed by atoms with van der Waals surface area (Å²) in [5.41, 5.74) is -0.208. The van der Waals surface area contributed by atoms with Crippen molar-refractivity contribution in [3.8, 4) is 5.75 Å². The molecule has 10 heteroatoms. The number of carbonyl (C=O) groups excluding carboxylic acids is 3. The van der Waals surface area contributed by atoms with E-state index in [1.807, 2.05) is 39.0 Å². The van der Waals surface area contributed by atoms with Crippen molar-refractivity contribution < 1.29 is 38.1 Å². The average molecular weight is 573 g/mol. The van der Waals surface area contributed by atoms with Gasteiger partial charge in [-0.1, -0.05) is 18.2 Å². The summed E-state index contributed by atoms with van der Waals surface area (Å²) in [5, 5.41) is 3.11. The molecule has 10 nitrogen and oxygen atoms in total. The zero-order valence-electron chi connectivity index (χ0n) is 24.9. The molecule has 2 heterocycles. The van der Waals surface area contributed by atoms with E-state index in [1.54, 1.807) is 18.7 Å². The lowest BCUT2D eigenvalue weighted by Crippen LogP contribution is -2.65. The third kappa shape index (κ3) is 8.01. The molecule has 226 valence electrons. The predicted octanol–water partition coefficient (Wildman–Crippen LogP) is 4.47. The Kier molecular flexibility index (Phi) is 9.96. The Balaban J connectivity index is 1.38. The molecule has 1 N–H and O–H groups in total. The highest BCUT2D eigenvalue weighted by molar-refractivity contribution is 5.82. The van der Waals surface area contributed by atoms with Crippen LogP contribution in [-0.2, 0) is 28.5 Å². The molecule has 1 aromatic rings. The smallest absolute Gasteiger partial charge is 0.410 e. The molecule has 0 radical (unpaired) electrons. The van der Waals surface area contributed by atoms with Crippen LogP contribution < -0.4 is 10.1 Å². The summed E-state index contributed by atoms with van der Waals surface area (Å²) in [7, 11) is 0. The summed E-state index contributed by atoms with van der Waals surface area (Å²) >= 11 is 0. The molecule has 2 saturated heterocycles. The average Bonchev–Trinajstić information content (AvgIpc) is 3.24. The summed E-state index contributed by atoms with van der Waals surface area (Å²) in [6.45, 7) is 10.4. The van der Waals surface area contributed by atoms with Gasteiger partial charge in [0.2, 0.25) is 5.91 Å². The van der Waals surface area contributed by atoms with Crippen LogP contribution in [0.25, 0.3) is 0 Å². The van der Waals surface area contributed by atoms with Crippen LogP contribution in [0.15, 0.2) is 36.1 Å². The minimum absolute atomic E-state index is 0.0229. The quantitative estimate of drug-likeness (QED) is 0.276. The number of hydrogen-bond donors (Lipinski definition) is 1. The van der Waals surface area contributed by atoms with Gasteiger partial charge in [-0.3, -0.25) is 4.79 Å². The van der Waals surface area contributed by atoms with Crippen molar-refractivity contribution in [2.24, 2.45) is 0 Å². The fourth-order valence-corrected chi connectivity index (χ4v) is 5.95. The summed E-state index contributed by atoms with van der Waals surface area (Å²) in [5.74, 6) is 0.911. The number of nitrogens with one attached hydrogen (secondary N) is 1. The Morgan fingerprint density at radius 2 is 1.90 bits per heavy atom. The van der Waals surface area contributed by atoms with Crippen LogP contribution in [0.1, 0.15) is 78.2 Å². The maximum atomic E-state index is 13.1. The largest absolute Gasteiger partial charge is 0.463 e. The van der Waals surface area contributed by atoms with E-state index >= 15 is 0 Å². The van der Waals surface area contributed by atoms with E-state index in [9.17, 15) is 14.4 Å². The third-order valence-electron chi connectivity index (χ3n) is 7.82. The monoisotopic (exact) mass is 572 g/mol. The minimum Gasteiger partial charge on any atom is -0.463 e. The van der Waals surface area contributed by atoms with Crippen LogP contribution in [-0.4, -0.2) is 79.1 Å². The summed E-state index contributed by atoms with van der Waals surface area (Å²) in [6, 6.07) is 7.53. The summed E-state index contributed by atoms with van der Waals surface area (Å²) < 4.78 is 28.7. The van der Waals surface area contributed by atoms with Gasteiger partial charge in [0.05, 0.1) is 43.6 Å². The molecule has 1 aromatic carbocycles. The van der Waals surface area contributed by atoms with E-state index in [0.29, 0.717) is 37.9 Å². The lowest BCUT2D eigenvalue weighted by molar-refractivity contribution is -0.138. The number of esters is 1. The van der Waals surface area contributed by atoms with Crippen molar-refractivity contribution in [2.75, 3.05) is 33.0 Å². The van der Waals surface area contributed by atoms with Crippen molar-refractivity contribution in [1.29, 1.82) is 0 Å². The Morgan fingerprint density at radius 1 is 1.17 bits per heavy atom. The van der Waals surface area contributed by atoms with Crippen molar-refractivity contribution in [3.05, 3.63) is 41.7 Å². The SMILES string of the molecule is CCOC(=O)/C=C(\C)Oc1ccccc1C1CCC(OCC2N(C(=O)OC(C)(C)C)CCC23COCC(=O)N3)CC1. The van der Waals surface area contributed by atoms with Gasteiger partial charge in [-0.2, -0.15) is 0 Å². The standard InChI is InChI=1S/C31H44N2O8/c1-6-38-28(35)17-21(2)40-25-10-8-7-9-24(25)22-11-13-23(14-12-22)39-18-26-31(20-37-19-27(34)32-31)15-16-33(26)29(36)41-30(3,4)5/h7-10,17,22-23,26H,6,11-16,18-20H2,1-5H3,(H,32,34)/b21-17+. The molecule has 2 aliphatic heterocycles. The van der Waals surface area contributed by atoms with Gasteiger partial charge in [0.1, 0.15) is 23.7 Å². The second-order valence-electron chi connectivity index (χ2n) is 12.1. The number of benzene rings is 1. The summed E-state index contributed by atoms with van der Waals surface area (Å²) in [4.78, 5) is 38.9. The first-order chi connectivity index (χ1) is 19.5. The molecule has 2 atom stereocenters. The second kappa shape index (κ2) is 13.2. The number of allylic oxidation sites excluding steroid dienone is 1. The van der Waals surface area contributed by atoms with E-state index < -0.39 is 23.2 Å². The Morgan fingerprint density at radius 3 is 2.59 bits per heavy atom. The Hall–Kier alpha value is -3.11. The molecule has 3 aliphatic rings. The van der Waals surface area contributed by atoms with Crippen LogP contribution in [0.2, 0.25) is 0 Å². The maximum absolute atomic E-state index is 13.1. The van der Waals surface area contributed by atoms with Gasteiger partial charge in [-0.25, -0.2) is 9.59 Å². The number of nitrogens with zero attached hydrogens (tertiary/aromatic N) is 1. The minimum atomic E-state index is -0.686. The van der Waals surface area contributed by atoms with E-state index in [1.165, 1.54) is 6.08 Å². The van der Waals surface area contributed by atoms with Gasteiger partial charge in [-0.15, -0.1) is 0 Å². The fourth-order valence-electron chi connectivity index (χ4n) is 5.95. The van der Waals surface area contributed by atoms with Crippen LogP contribution >= 0.6 is 0 Å². The highest BCUT2D eigenvalue weighted by Crippen LogP contribution is 2.40. The molecule has 0 aromatic heterocycles. The number of hydrogen-bond acceptors (Lipinski definition) is 8. The Labute approximate surface area is 242 Å². The molecule has 1 spiro atoms. The first kappa shape index (κ1) is 30.8. The van der Waals surface area contributed by atoms with Crippen molar-refractivity contribution >= 4 is 18.0 Å². The molecule has 4 rings (SSSR count). The van der Waals surface area contributed by atoms with Crippen LogP contribution in [0, 0.1) is 0 Å². The van der Waals surface area contributed by atoms with Crippen molar-refractivity contribution in [2.45, 2.75) is 95.9 Å². The highest BCUT2D eigenvalue weighted by Gasteiger charge is 2.53. The fraction of sp³-hybridized carbons (Fsp3) is 0.645. The van der Waals surface area contributed by atoms with Crippen molar-refractivity contribution in [3.63, 3.8) is 0 Å². The number of ether oxygens (including phenoxy) is 5. The number of likely N-dealkylation sites (tertiary alicyclic amines) is 1. The van der Waals surface area contributed by atoms with E-state index in [-0.39, 0.29) is 31.3 Å². The molecule has 1 saturated carbocycles. The lowest BCUT2D eigenvalue weighted by Gasteiger charge is -2.41. The number of para-hydroxylation sites is 1. The molecule has 3 fully saturated rings. The molecule has 41 heavy (non-hydrogen) atoms. The second-order valence-corrected chi connectivity index (χ2v) is 12.1. The Bertz CT molecular complexity index is 1120. The van der Waals surface area contributed by atoms with Crippen LogP contribution in [0.5, 0.6) is 5.75 Å². The lowest BCUT2D eigenvalue weighted by atomic mass is 9.82. The molecular formula is C31H44N2O8. The normalized spacial score (nSPS) is 27.0. The molecule has 2 unspecified atom stereocenters. The number of amides is 2. The van der Waals surface area contributed by atoms with Gasteiger partial charge in [0.25, 0.3) is 0 Å². The van der Waals surface area contributed by atoms with Gasteiger partial charge in [-0.05, 0) is 84.3 Å². The number of carbonyl (C=O) groups is 3. The molecule has 0 bridgehead atoms. The van der Waals surface area contributed by atoms with E-state index in [4.69, 9.17) is 23.7 Å². The van der Waals surface area contributed by atoms with E-state index in [0.717, 1.165) is 37.0 Å². The van der Waals surface area contributed by atoms with Gasteiger partial charge >= 0.3 is 12.1 Å². The van der Waals surface area contributed by atoms with Crippen molar-refractivity contribution in [1.82, 2.24) is 10.2 Å². The molecular weight excluding hydrogens is 528 g/mol. The zero-order valence-corrected chi connectivity index (χ0v) is 24.9.